The first-order chi connectivity index (χ1) is 14.9. The predicted molar refractivity (Wildman–Crippen MR) is 122 cm³/mol. The molecule has 1 aliphatic carbocycles. The van der Waals surface area contributed by atoms with Gasteiger partial charge in [0.1, 0.15) is 5.82 Å². The maximum atomic E-state index is 14.7. The van der Waals surface area contributed by atoms with E-state index in [0.717, 1.165) is 36.2 Å². The van der Waals surface area contributed by atoms with Gasteiger partial charge in [-0.05, 0) is 56.0 Å². The number of carbonyl (C=O) groups is 2. The van der Waals surface area contributed by atoms with Crippen molar-refractivity contribution in [2.75, 3.05) is 13.1 Å². The van der Waals surface area contributed by atoms with Gasteiger partial charge in [0.25, 0.3) is 0 Å². The van der Waals surface area contributed by atoms with E-state index in [-0.39, 0.29) is 27.9 Å². The average Bonchev–Trinajstić information content (AvgIpc) is 3.56. The number of pyridine rings is 1. The molecule has 2 heterocycles. The first-order valence-corrected chi connectivity index (χ1v) is 11.6. The van der Waals surface area contributed by atoms with E-state index >= 15 is 0 Å². The molecule has 1 aliphatic heterocycles. The SMILES string of the molecule is CC(=O)SC1CCN(C(C(=O)C2CC2)c2ccccc2F)C/C1=C/c1cccc(C)n1. The van der Waals surface area contributed by atoms with Crippen LogP contribution >= 0.6 is 11.8 Å². The number of nitrogens with zero attached hydrogens (tertiary/aromatic N) is 2. The van der Waals surface area contributed by atoms with Gasteiger partial charge in [0, 0.05) is 42.4 Å². The second-order valence-corrected chi connectivity index (χ2v) is 9.76. The van der Waals surface area contributed by atoms with E-state index in [2.05, 4.69) is 9.88 Å². The van der Waals surface area contributed by atoms with Crippen molar-refractivity contribution >= 4 is 28.7 Å². The molecule has 2 aromatic rings. The standard InChI is InChI=1S/C25H27FN2O2S/c1-16-6-5-7-20(27-16)14-19-15-28(13-12-23(19)31-17(2)29)24(25(30)18-10-11-18)21-8-3-4-9-22(21)26/h3-9,14,18,23-24H,10-13,15H2,1-2H3/b19-14-. The Morgan fingerprint density at radius 3 is 2.61 bits per heavy atom. The number of ketones is 1. The fraction of sp³-hybridized carbons (Fsp3) is 0.400. The summed E-state index contributed by atoms with van der Waals surface area (Å²) in [6.45, 7) is 4.68. The van der Waals surface area contributed by atoms with Crippen molar-refractivity contribution in [1.29, 1.82) is 0 Å². The van der Waals surface area contributed by atoms with Crippen LogP contribution in [0.25, 0.3) is 6.08 Å². The predicted octanol–water partition coefficient (Wildman–Crippen LogP) is 4.99. The van der Waals surface area contributed by atoms with Gasteiger partial charge >= 0.3 is 0 Å². The molecule has 0 amide bonds. The molecule has 0 spiro atoms. The van der Waals surface area contributed by atoms with Crippen LogP contribution in [0.4, 0.5) is 4.39 Å². The number of aromatic nitrogens is 1. The van der Waals surface area contributed by atoms with Gasteiger partial charge in [-0.2, -0.15) is 0 Å². The van der Waals surface area contributed by atoms with Crippen LogP contribution in [0.5, 0.6) is 0 Å². The van der Waals surface area contributed by atoms with Crippen LogP contribution < -0.4 is 0 Å². The molecule has 4 rings (SSSR count). The third kappa shape index (κ3) is 5.31. The maximum absolute atomic E-state index is 14.7. The van der Waals surface area contributed by atoms with Crippen molar-refractivity contribution in [3.63, 3.8) is 0 Å². The van der Waals surface area contributed by atoms with Crippen molar-refractivity contribution in [2.24, 2.45) is 5.92 Å². The molecular formula is C25H27FN2O2S. The summed E-state index contributed by atoms with van der Waals surface area (Å²) in [6, 6.07) is 11.8. The Morgan fingerprint density at radius 1 is 1.16 bits per heavy atom. The van der Waals surface area contributed by atoms with Crippen molar-refractivity contribution in [3.05, 3.63) is 70.8 Å². The van der Waals surface area contributed by atoms with Gasteiger partial charge in [-0.3, -0.25) is 19.5 Å². The fourth-order valence-corrected chi connectivity index (χ4v) is 5.15. The average molecular weight is 439 g/mol. The highest BCUT2D eigenvalue weighted by atomic mass is 32.2. The number of carbonyl (C=O) groups excluding carboxylic acids is 2. The Hall–Kier alpha value is -2.31. The first kappa shape index (κ1) is 21.9. The molecule has 1 saturated carbocycles. The molecule has 1 saturated heterocycles. The Labute approximate surface area is 186 Å². The highest BCUT2D eigenvalue weighted by molar-refractivity contribution is 8.14. The number of likely N-dealkylation sites (tertiary alicyclic amines) is 1. The fourth-order valence-electron chi connectivity index (χ4n) is 4.23. The third-order valence-electron chi connectivity index (χ3n) is 5.84. The molecule has 0 N–H and O–H groups in total. The van der Waals surface area contributed by atoms with E-state index in [1.807, 2.05) is 31.2 Å². The lowest BCUT2D eigenvalue weighted by atomic mass is 9.93. The number of hydrogen-bond acceptors (Lipinski definition) is 5. The van der Waals surface area contributed by atoms with Gasteiger partial charge in [0.15, 0.2) is 10.9 Å². The number of hydrogen-bond donors (Lipinski definition) is 0. The zero-order valence-corrected chi connectivity index (χ0v) is 18.7. The first-order valence-electron chi connectivity index (χ1n) is 10.8. The molecule has 31 heavy (non-hydrogen) atoms. The second-order valence-electron chi connectivity index (χ2n) is 8.38. The Balaban J connectivity index is 1.68. The summed E-state index contributed by atoms with van der Waals surface area (Å²) >= 11 is 1.33. The lowest BCUT2D eigenvalue weighted by molar-refractivity contribution is -0.126. The van der Waals surface area contributed by atoms with Gasteiger partial charge in [-0.25, -0.2) is 4.39 Å². The molecule has 162 valence electrons. The van der Waals surface area contributed by atoms with Crippen molar-refractivity contribution < 1.29 is 14.0 Å². The monoisotopic (exact) mass is 438 g/mol. The minimum absolute atomic E-state index is 0.0276. The summed E-state index contributed by atoms with van der Waals surface area (Å²) in [5.41, 5.74) is 3.26. The summed E-state index contributed by atoms with van der Waals surface area (Å²) in [5.74, 6) is -0.205. The van der Waals surface area contributed by atoms with Crippen LogP contribution in [-0.2, 0) is 9.59 Å². The number of benzene rings is 1. The molecule has 2 unspecified atom stereocenters. The normalized spacial score (nSPS) is 21.8. The van der Waals surface area contributed by atoms with Crippen molar-refractivity contribution in [1.82, 2.24) is 9.88 Å². The quantitative estimate of drug-likeness (QED) is 0.636. The minimum atomic E-state index is -0.592. The zero-order chi connectivity index (χ0) is 22.0. The summed E-state index contributed by atoms with van der Waals surface area (Å²) in [7, 11) is 0. The van der Waals surface area contributed by atoms with Crippen molar-refractivity contribution in [2.45, 2.75) is 44.4 Å². The molecule has 2 atom stereocenters. The summed E-state index contributed by atoms with van der Waals surface area (Å²) in [5, 5.41) is 0.106. The van der Waals surface area contributed by atoms with E-state index in [0.29, 0.717) is 18.7 Å². The molecule has 0 bridgehead atoms. The Bertz CT molecular complexity index is 1020. The number of halogens is 1. The van der Waals surface area contributed by atoms with Gasteiger partial charge in [-0.1, -0.05) is 36.0 Å². The van der Waals surface area contributed by atoms with Gasteiger partial charge in [0.2, 0.25) is 0 Å². The summed E-state index contributed by atoms with van der Waals surface area (Å²) in [4.78, 5) is 31.7. The number of piperidine rings is 1. The highest BCUT2D eigenvalue weighted by Crippen LogP contribution is 2.40. The summed E-state index contributed by atoms with van der Waals surface area (Å²) in [6.07, 6.45) is 4.53. The molecule has 2 aliphatic rings. The Morgan fingerprint density at radius 2 is 1.94 bits per heavy atom. The topological polar surface area (TPSA) is 50.3 Å². The molecule has 6 heteroatoms. The van der Waals surface area contributed by atoms with Gasteiger partial charge < -0.3 is 0 Å². The number of Topliss-reactive ketones (excluding diaryl/α,β-unsaturated/α-hetero) is 1. The minimum Gasteiger partial charge on any atom is -0.297 e. The van der Waals surface area contributed by atoms with E-state index in [9.17, 15) is 14.0 Å². The van der Waals surface area contributed by atoms with Gasteiger partial charge in [-0.15, -0.1) is 0 Å². The molecule has 4 nitrogen and oxygen atoms in total. The number of aryl methyl sites for hydroxylation is 1. The molecular weight excluding hydrogens is 411 g/mol. The van der Waals surface area contributed by atoms with Crippen LogP contribution in [0.1, 0.15) is 49.2 Å². The second kappa shape index (κ2) is 9.45. The number of thioether (sulfide) groups is 1. The molecule has 0 radical (unpaired) electrons. The maximum Gasteiger partial charge on any atom is 0.186 e. The van der Waals surface area contributed by atoms with E-state index < -0.39 is 6.04 Å². The van der Waals surface area contributed by atoms with E-state index in [4.69, 9.17) is 0 Å². The highest BCUT2D eigenvalue weighted by Gasteiger charge is 2.41. The van der Waals surface area contributed by atoms with Crippen molar-refractivity contribution in [3.8, 4) is 0 Å². The largest absolute Gasteiger partial charge is 0.297 e. The zero-order valence-electron chi connectivity index (χ0n) is 17.9. The van der Waals surface area contributed by atoms with Gasteiger partial charge in [0.05, 0.1) is 11.7 Å². The number of rotatable bonds is 6. The van der Waals surface area contributed by atoms with Crippen LogP contribution in [0.3, 0.4) is 0 Å². The van der Waals surface area contributed by atoms with Crippen LogP contribution in [0.15, 0.2) is 48.0 Å². The Kier molecular flexibility index (Phi) is 6.68. The van der Waals surface area contributed by atoms with Crippen LogP contribution in [0.2, 0.25) is 0 Å². The summed E-state index contributed by atoms with van der Waals surface area (Å²) < 4.78 is 14.7. The van der Waals surface area contributed by atoms with Crippen LogP contribution in [-0.4, -0.2) is 39.1 Å². The van der Waals surface area contributed by atoms with Crippen LogP contribution in [0, 0.1) is 18.7 Å². The van der Waals surface area contributed by atoms with E-state index in [1.54, 1.807) is 25.1 Å². The third-order valence-corrected chi connectivity index (χ3v) is 7.00. The molecule has 2 fully saturated rings. The lowest BCUT2D eigenvalue weighted by Gasteiger charge is -2.38. The molecule has 1 aromatic heterocycles. The van der Waals surface area contributed by atoms with E-state index in [1.165, 1.54) is 17.8 Å². The lowest BCUT2D eigenvalue weighted by Crippen LogP contribution is -2.43. The smallest absolute Gasteiger partial charge is 0.186 e. The molecule has 1 aromatic carbocycles.